The van der Waals surface area contributed by atoms with E-state index >= 15 is 0 Å². The molecule has 100 valence electrons. The minimum atomic E-state index is -0.00581. The van der Waals surface area contributed by atoms with Crippen molar-refractivity contribution in [3.05, 3.63) is 51.4 Å². The van der Waals surface area contributed by atoms with Gasteiger partial charge in [-0.3, -0.25) is 4.79 Å². The van der Waals surface area contributed by atoms with Crippen LogP contribution in [0.3, 0.4) is 0 Å². The van der Waals surface area contributed by atoms with Gasteiger partial charge in [-0.2, -0.15) is 0 Å². The normalized spacial score (nSPS) is 14.8. The smallest absolute Gasteiger partial charge is 0.260 e. The summed E-state index contributed by atoms with van der Waals surface area (Å²) >= 11 is 1.56. The van der Waals surface area contributed by atoms with E-state index in [0.717, 1.165) is 40.0 Å². The third-order valence-corrected chi connectivity index (χ3v) is 4.66. The molecule has 0 bridgehead atoms. The van der Waals surface area contributed by atoms with E-state index in [2.05, 4.69) is 41.2 Å². The minimum absolute atomic E-state index is 0.00581. The first kappa shape index (κ1) is 11.9. The van der Waals surface area contributed by atoms with Crippen LogP contribution in [-0.4, -0.2) is 9.97 Å². The summed E-state index contributed by atoms with van der Waals surface area (Å²) in [5.41, 5.74) is 3.28. The zero-order valence-electron chi connectivity index (χ0n) is 11.1. The molecule has 0 aliphatic heterocycles. The lowest BCUT2D eigenvalue weighted by molar-refractivity contribution is 0.935. The number of benzene rings is 1. The first-order valence-electron chi connectivity index (χ1n) is 6.81. The van der Waals surface area contributed by atoms with E-state index in [-0.39, 0.29) is 5.56 Å². The standard InChI is InChI=1S/C16H14N2OS/c1-9-2-4-10(5-3-9)12-8-20-16-13(12)15(19)17-14(18-16)11-6-7-11/h2-5,8,11H,6-7H2,1H3,(H,17,18,19). The number of hydrogen-bond donors (Lipinski definition) is 1. The molecule has 0 atom stereocenters. The molecule has 1 N–H and O–H groups in total. The molecule has 4 heteroatoms. The molecule has 20 heavy (non-hydrogen) atoms. The molecule has 3 nitrogen and oxygen atoms in total. The molecule has 3 aromatic rings. The Bertz CT molecular complexity index is 841. The molecule has 0 spiro atoms. The predicted octanol–water partition coefficient (Wildman–Crippen LogP) is 3.84. The van der Waals surface area contributed by atoms with Gasteiger partial charge in [0.25, 0.3) is 5.56 Å². The van der Waals surface area contributed by atoms with Crippen LogP contribution >= 0.6 is 11.3 Å². The van der Waals surface area contributed by atoms with Crippen molar-refractivity contribution >= 4 is 21.6 Å². The highest BCUT2D eigenvalue weighted by molar-refractivity contribution is 7.17. The number of thiophene rings is 1. The summed E-state index contributed by atoms with van der Waals surface area (Å²) in [6.45, 7) is 2.06. The van der Waals surface area contributed by atoms with Crippen LogP contribution in [0.1, 0.15) is 30.1 Å². The average molecular weight is 282 g/mol. The third kappa shape index (κ3) is 1.88. The van der Waals surface area contributed by atoms with E-state index in [4.69, 9.17) is 0 Å². The van der Waals surface area contributed by atoms with Crippen molar-refractivity contribution in [1.82, 2.24) is 9.97 Å². The van der Waals surface area contributed by atoms with E-state index in [1.54, 1.807) is 11.3 Å². The summed E-state index contributed by atoms with van der Waals surface area (Å²) in [5, 5.41) is 2.76. The van der Waals surface area contributed by atoms with Gasteiger partial charge in [-0.05, 0) is 25.3 Å². The van der Waals surface area contributed by atoms with Gasteiger partial charge in [-0.1, -0.05) is 29.8 Å². The summed E-state index contributed by atoms with van der Waals surface area (Å²) in [6.07, 6.45) is 2.29. The zero-order valence-corrected chi connectivity index (χ0v) is 12.0. The van der Waals surface area contributed by atoms with Gasteiger partial charge in [0.15, 0.2) is 0 Å². The Kier molecular flexibility index (Phi) is 2.54. The molecule has 1 aliphatic rings. The van der Waals surface area contributed by atoms with Crippen LogP contribution in [0.25, 0.3) is 21.3 Å². The molecule has 0 unspecified atom stereocenters. The molecule has 0 amide bonds. The molecule has 1 fully saturated rings. The van der Waals surface area contributed by atoms with Gasteiger partial charge in [0.2, 0.25) is 0 Å². The van der Waals surface area contributed by atoms with Crippen LogP contribution in [0, 0.1) is 6.92 Å². The van der Waals surface area contributed by atoms with Crippen molar-refractivity contribution in [2.45, 2.75) is 25.7 Å². The van der Waals surface area contributed by atoms with Crippen LogP contribution in [0.5, 0.6) is 0 Å². The molecule has 1 saturated carbocycles. The topological polar surface area (TPSA) is 45.8 Å². The van der Waals surface area contributed by atoms with E-state index in [1.807, 2.05) is 5.38 Å². The Morgan fingerprint density at radius 3 is 2.70 bits per heavy atom. The van der Waals surface area contributed by atoms with Crippen molar-refractivity contribution in [3.63, 3.8) is 0 Å². The van der Waals surface area contributed by atoms with Gasteiger partial charge in [-0.15, -0.1) is 11.3 Å². The second-order valence-electron chi connectivity index (χ2n) is 5.42. The summed E-state index contributed by atoms with van der Waals surface area (Å²) in [6, 6.07) is 8.26. The number of nitrogens with one attached hydrogen (secondary N) is 1. The van der Waals surface area contributed by atoms with Gasteiger partial charge < -0.3 is 4.98 Å². The Labute approximate surface area is 120 Å². The number of aryl methyl sites for hydroxylation is 1. The fourth-order valence-electron chi connectivity index (χ4n) is 2.46. The maximum Gasteiger partial charge on any atom is 0.260 e. The van der Waals surface area contributed by atoms with Crippen molar-refractivity contribution in [3.8, 4) is 11.1 Å². The van der Waals surface area contributed by atoms with Gasteiger partial charge in [-0.25, -0.2) is 4.98 Å². The van der Waals surface area contributed by atoms with E-state index in [9.17, 15) is 4.79 Å². The van der Waals surface area contributed by atoms with E-state index < -0.39 is 0 Å². The fourth-order valence-corrected chi connectivity index (χ4v) is 3.42. The lowest BCUT2D eigenvalue weighted by Gasteiger charge is -2.01. The molecule has 2 aromatic heterocycles. The highest BCUT2D eigenvalue weighted by atomic mass is 32.1. The number of aromatic amines is 1. The van der Waals surface area contributed by atoms with Crippen molar-refractivity contribution in [2.75, 3.05) is 0 Å². The quantitative estimate of drug-likeness (QED) is 0.776. The molecular formula is C16H14N2OS. The number of fused-ring (bicyclic) bond motifs is 1. The van der Waals surface area contributed by atoms with Crippen molar-refractivity contribution in [2.24, 2.45) is 0 Å². The van der Waals surface area contributed by atoms with E-state index in [0.29, 0.717) is 5.92 Å². The number of aromatic nitrogens is 2. The number of nitrogens with zero attached hydrogens (tertiary/aromatic N) is 1. The Balaban J connectivity index is 1.92. The van der Waals surface area contributed by atoms with Gasteiger partial charge in [0.05, 0.1) is 5.39 Å². The van der Waals surface area contributed by atoms with Crippen LogP contribution in [0.2, 0.25) is 0 Å². The second-order valence-corrected chi connectivity index (χ2v) is 6.28. The highest BCUT2D eigenvalue weighted by Gasteiger charge is 2.27. The molecule has 0 radical (unpaired) electrons. The maximum atomic E-state index is 12.4. The molecule has 1 aliphatic carbocycles. The SMILES string of the molecule is Cc1ccc(-c2csc3nc(C4CC4)[nH]c(=O)c23)cc1. The van der Waals surface area contributed by atoms with Crippen molar-refractivity contribution < 1.29 is 0 Å². The first-order chi connectivity index (χ1) is 9.72. The summed E-state index contributed by atoms with van der Waals surface area (Å²) < 4.78 is 0. The second kappa shape index (κ2) is 4.28. The molecule has 1 aromatic carbocycles. The third-order valence-electron chi connectivity index (χ3n) is 3.79. The molecule has 0 saturated heterocycles. The fraction of sp³-hybridized carbons (Fsp3) is 0.250. The largest absolute Gasteiger partial charge is 0.310 e. The van der Waals surface area contributed by atoms with Gasteiger partial charge in [0.1, 0.15) is 10.7 Å². The maximum absolute atomic E-state index is 12.4. The molecule has 4 rings (SSSR count). The Morgan fingerprint density at radius 1 is 1.25 bits per heavy atom. The lowest BCUT2D eigenvalue weighted by atomic mass is 10.1. The van der Waals surface area contributed by atoms with Crippen LogP contribution < -0.4 is 5.56 Å². The number of rotatable bonds is 2. The number of hydrogen-bond acceptors (Lipinski definition) is 3. The summed E-state index contributed by atoms with van der Waals surface area (Å²) in [4.78, 5) is 20.8. The molecular weight excluding hydrogens is 268 g/mol. The Hall–Kier alpha value is -1.94. The minimum Gasteiger partial charge on any atom is -0.310 e. The predicted molar refractivity (Wildman–Crippen MR) is 82.4 cm³/mol. The number of H-pyrrole nitrogens is 1. The first-order valence-corrected chi connectivity index (χ1v) is 7.69. The van der Waals surface area contributed by atoms with E-state index in [1.165, 1.54) is 5.56 Å². The van der Waals surface area contributed by atoms with Crippen LogP contribution in [0.15, 0.2) is 34.4 Å². The summed E-state index contributed by atoms with van der Waals surface area (Å²) in [7, 11) is 0. The Morgan fingerprint density at radius 2 is 2.00 bits per heavy atom. The van der Waals surface area contributed by atoms with Crippen LogP contribution in [-0.2, 0) is 0 Å². The summed E-state index contributed by atoms with van der Waals surface area (Å²) in [5.74, 6) is 1.33. The lowest BCUT2D eigenvalue weighted by Crippen LogP contribution is -2.10. The van der Waals surface area contributed by atoms with Gasteiger partial charge in [0, 0.05) is 16.9 Å². The van der Waals surface area contributed by atoms with Crippen molar-refractivity contribution in [1.29, 1.82) is 0 Å². The van der Waals surface area contributed by atoms with Gasteiger partial charge >= 0.3 is 0 Å². The zero-order chi connectivity index (χ0) is 13.7. The van der Waals surface area contributed by atoms with Crippen LogP contribution in [0.4, 0.5) is 0 Å². The molecule has 2 heterocycles. The monoisotopic (exact) mass is 282 g/mol. The average Bonchev–Trinajstić information content (AvgIpc) is 3.20. The highest BCUT2D eigenvalue weighted by Crippen LogP contribution is 2.39.